The lowest BCUT2D eigenvalue weighted by atomic mass is 10.1. The Balaban J connectivity index is 3.19. The van der Waals surface area contributed by atoms with E-state index >= 15 is 0 Å². The number of phenolic OH excluding ortho intramolecular Hbond substituents is 1. The molecule has 0 aliphatic heterocycles. The first-order valence-electron chi connectivity index (χ1n) is 3.50. The lowest BCUT2D eigenvalue weighted by molar-refractivity contribution is 0.427. The first-order chi connectivity index (χ1) is 5.66. The fourth-order valence-corrected chi connectivity index (χ4v) is 0.986. The standard InChI is InChI=1S/C9H8FNO/c1-6-7(4-5-11)2-3-8(10)9(6)12/h2-3,12H,4H2,1H3. The molecule has 0 saturated heterocycles. The second-order valence-electron chi connectivity index (χ2n) is 2.52. The molecule has 0 unspecified atom stereocenters. The van der Waals surface area contributed by atoms with Gasteiger partial charge in [0, 0.05) is 0 Å². The number of nitrogens with zero attached hydrogens (tertiary/aromatic N) is 1. The zero-order chi connectivity index (χ0) is 9.14. The van der Waals surface area contributed by atoms with Gasteiger partial charge in [0.05, 0.1) is 12.5 Å². The average Bonchev–Trinajstić information content (AvgIpc) is 2.07. The minimum Gasteiger partial charge on any atom is -0.505 e. The van der Waals surface area contributed by atoms with Crippen LogP contribution >= 0.6 is 0 Å². The van der Waals surface area contributed by atoms with Gasteiger partial charge < -0.3 is 5.11 Å². The van der Waals surface area contributed by atoms with Crippen LogP contribution in [0.2, 0.25) is 0 Å². The molecule has 0 saturated carbocycles. The summed E-state index contributed by atoms with van der Waals surface area (Å²) in [5.74, 6) is -1.00. The van der Waals surface area contributed by atoms with Crippen molar-refractivity contribution >= 4 is 0 Å². The highest BCUT2D eigenvalue weighted by Gasteiger charge is 2.07. The van der Waals surface area contributed by atoms with Crippen LogP contribution in [0.25, 0.3) is 0 Å². The molecule has 12 heavy (non-hydrogen) atoms. The summed E-state index contributed by atoms with van der Waals surface area (Å²) < 4.78 is 12.7. The summed E-state index contributed by atoms with van der Waals surface area (Å²) >= 11 is 0. The first kappa shape index (κ1) is 8.54. The summed E-state index contributed by atoms with van der Waals surface area (Å²) in [6.45, 7) is 1.59. The van der Waals surface area contributed by atoms with E-state index in [9.17, 15) is 4.39 Å². The van der Waals surface area contributed by atoms with Gasteiger partial charge >= 0.3 is 0 Å². The van der Waals surface area contributed by atoms with E-state index in [2.05, 4.69) is 0 Å². The summed E-state index contributed by atoms with van der Waals surface area (Å²) in [7, 11) is 0. The number of halogens is 1. The Bertz CT molecular complexity index is 341. The van der Waals surface area contributed by atoms with Crippen LogP contribution in [-0.2, 0) is 6.42 Å². The Hall–Kier alpha value is -1.56. The number of benzene rings is 1. The van der Waals surface area contributed by atoms with Crippen LogP contribution in [0.3, 0.4) is 0 Å². The third-order valence-corrected chi connectivity index (χ3v) is 1.76. The van der Waals surface area contributed by atoms with E-state index in [1.807, 2.05) is 6.07 Å². The van der Waals surface area contributed by atoms with Crippen LogP contribution in [0.4, 0.5) is 4.39 Å². The maximum Gasteiger partial charge on any atom is 0.165 e. The van der Waals surface area contributed by atoms with Crippen molar-refractivity contribution in [3.8, 4) is 11.8 Å². The third kappa shape index (κ3) is 1.37. The number of phenols is 1. The second kappa shape index (κ2) is 3.22. The number of aromatic hydroxyl groups is 1. The van der Waals surface area contributed by atoms with Crippen molar-refractivity contribution in [2.75, 3.05) is 0 Å². The van der Waals surface area contributed by atoms with Crippen molar-refractivity contribution in [2.45, 2.75) is 13.3 Å². The minimum atomic E-state index is -0.644. The lowest BCUT2D eigenvalue weighted by Crippen LogP contribution is -1.90. The molecule has 62 valence electrons. The molecule has 2 nitrogen and oxygen atoms in total. The van der Waals surface area contributed by atoms with Gasteiger partial charge in [0.25, 0.3) is 0 Å². The molecule has 1 aromatic rings. The van der Waals surface area contributed by atoms with Crippen LogP contribution in [0.15, 0.2) is 12.1 Å². The van der Waals surface area contributed by atoms with Gasteiger partial charge in [-0.3, -0.25) is 0 Å². The Morgan fingerprint density at radius 3 is 2.83 bits per heavy atom. The molecule has 1 rings (SSSR count). The molecule has 0 spiro atoms. The van der Waals surface area contributed by atoms with Gasteiger partial charge in [-0.1, -0.05) is 6.07 Å². The van der Waals surface area contributed by atoms with Crippen molar-refractivity contribution in [1.82, 2.24) is 0 Å². The third-order valence-electron chi connectivity index (χ3n) is 1.76. The molecular weight excluding hydrogens is 157 g/mol. The van der Waals surface area contributed by atoms with Crippen LogP contribution in [0.1, 0.15) is 11.1 Å². The number of hydrogen-bond donors (Lipinski definition) is 1. The Kier molecular flexibility index (Phi) is 2.29. The van der Waals surface area contributed by atoms with Crippen LogP contribution in [0.5, 0.6) is 5.75 Å². The maximum absolute atomic E-state index is 12.7. The van der Waals surface area contributed by atoms with E-state index in [0.717, 1.165) is 6.07 Å². The molecule has 0 heterocycles. The van der Waals surface area contributed by atoms with E-state index in [1.165, 1.54) is 6.07 Å². The zero-order valence-electron chi connectivity index (χ0n) is 6.63. The predicted octanol–water partition coefficient (Wildman–Crippen LogP) is 1.91. The summed E-state index contributed by atoms with van der Waals surface area (Å²) in [5, 5.41) is 17.5. The van der Waals surface area contributed by atoms with Gasteiger partial charge in [0.15, 0.2) is 11.6 Å². The van der Waals surface area contributed by atoms with E-state index < -0.39 is 5.82 Å². The molecule has 0 aliphatic rings. The second-order valence-corrected chi connectivity index (χ2v) is 2.52. The van der Waals surface area contributed by atoms with E-state index in [-0.39, 0.29) is 12.2 Å². The summed E-state index contributed by atoms with van der Waals surface area (Å²) in [4.78, 5) is 0. The molecule has 0 amide bonds. The SMILES string of the molecule is Cc1c(CC#N)ccc(F)c1O. The molecule has 1 aromatic carbocycles. The molecule has 3 heteroatoms. The van der Waals surface area contributed by atoms with Gasteiger partial charge in [-0.2, -0.15) is 5.26 Å². The van der Waals surface area contributed by atoms with E-state index in [4.69, 9.17) is 10.4 Å². The maximum atomic E-state index is 12.7. The van der Waals surface area contributed by atoms with Crippen molar-refractivity contribution in [3.05, 3.63) is 29.1 Å². The molecule has 0 aliphatic carbocycles. The monoisotopic (exact) mass is 165 g/mol. The highest BCUT2D eigenvalue weighted by molar-refractivity contribution is 5.40. The summed E-state index contributed by atoms with van der Waals surface area (Å²) in [6.07, 6.45) is 0.194. The van der Waals surface area contributed by atoms with Gasteiger partial charge in [-0.15, -0.1) is 0 Å². The largest absolute Gasteiger partial charge is 0.505 e. The van der Waals surface area contributed by atoms with Crippen LogP contribution in [0, 0.1) is 24.1 Å². The van der Waals surface area contributed by atoms with Crippen molar-refractivity contribution < 1.29 is 9.50 Å². The Labute approximate surface area is 69.9 Å². The lowest BCUT2D eigenvalue weighted by Gasteiger charge is -2.03. The van der Waals surface area contributed by atoms with E-state index in [1.54, 1.807) is 6.92 Å². The highest BCUT2D eigenvalue weighted by atomic mass is 19.1. The van der Waals surface area contributed by atoms with Crippen molar-refractivity contribution in [1.29, 1.82) is 5.26 Å². The molecule has 0 atom stereocenters. The van der Waals surface area contributed by atoms with Gasteiger partial charge in [0.1, 0.15) is 0 Å². The molecule has 0 fully saturated rings. The van der Waals surface area contributed by atoms with Crippen molar-refractivity contribution in [2.24, 2.45) is 0 Å². The van der Waals surface area contributed by atoms with Gasteiger partial charge in [-0.05, 0) is 24.1 Å². The number of hydrogen-bond acceptors (Lipinski definition) is 2. The fourth-order valence-electron chi connectivity index (χ4n) is 0.986. The van der Waals surface area contributed by atoms with Crippen LogP contribution < -0.4 is 0 Å². The smallest absolute Gasteiger partial charge is 0.165 e. The normalized spacial score (nSPS) is 9.42. The van der Waals surface area contributed by atoms with Gasteiger partial charge in [0.2, 0.25) is 0 Å². The Morgan fingerprint density at radius 2 is 2.25 bits per heavy atom. The van der Waals surface area contributed by atoms with E-state index in [0.29, 0.717) is 11.1 Å². The molecule has 0 radical (unpaired) electrons. The first-order valence-corrected chi connectivity index (χ1v) is 3.50. The topological polar surface area (TPSA) is 44.0 Å². The predicted molar refractivity (Wildman–Crippen MR) is 42.1 cm³/mol. The zero-order valence-corrected chi connectivity index (χ0v) is 6.63. The molecule has 0 bridgehead atoms. The number of rotatable bonds is 1. The molecule has 1 N–H and O–H groups in total. The minimum absolute atomic E-state index is 0.194. The quantitative estimate of drug-likeness (QED) is 0.690. The molecule has 0 aromatic heterocycles. The highest BCUT2D eigenvalue weighted by Crippen LogP contribution is 2.23. The number of nitriles is 1. The Morgan fingerprint density at radius 1 is 1.58 bits per heavy atom. The van der Waals surface area contributed by atoms with Gasteiger partial charge in [-0.25, -0.2) is 4.39 Å². The average molecular weight is 165 g/mol. The van der Waals surface area contributed by atoms with Crippen molar-refractivity contribution in [3.63, 3.8) is 0 Å². The fraction of sp³-hybridized carbons (Fsp3) is 0.222. The summed E-state index contributed by atoms with van der Waals surface area (Å²) in [6, 6.07) is 4.61. The van der Waals surface area contributed by atoms with Crippen LogP contribution in [-0.4, -0.2) is 5.11 Å². The summed E-state index contributed by atoms with van der Waals surface area (Å²) in [5.41, 5.74) is 1.10. The molecular formula is C9H8FNO.